The minimum Gasteiger partial charge on any atom is -0.456 e. The summed E-state index contributed by atoms with van der Waals surface area (Å²) in [5.41, 5.74) is 1.31. The molecule has 7 nitrogen and oxygen atoms in total. The standard InChI is InChI=1S/C26H26O7/c27-21-15-7-13-19(31-21)23(29)25(17-9-3-1-4-10-17)33-26(18-11-5-2-6-12-18)24(30)20-14-8-16-22(28)32-20/h1-12,15-16,19-20,23-26,29-30H,13-14H2/t19-,20+,23+,24-,25-,26-/m1/s1. The Kier molecular flexibility index (Phi) is 7.34. The molecule has 0 aliphatic carbocycles. The van der Waals surface area contributed by atoms with E-state index in [2.05, 4.69) is 0 Å². The number of rotatable bonds is 8. The first-order chi connectivity index (χ1) is 16.0. The van der Waals surface area contributed by atoms with Gasteiger partial charge in [0.15, 0.2) is 0 Å². The van der Waals surface area contributed by atoms with Crippen LogP contribution in [0.5, 0.6) is 0 Å². The van der Waals surface area contributed by atoms with Crippen LogP contribution in [0.4, 0.5) is 0 Å². The highest BCUT2D eigenvalue weighted by Crippen LogP contribution is 2.36. The molecule has 4 rings (SSSR count). The van der Waals surface area contributed by atoms with Gasteiger partial charge in [-0.05, 0) is 11.1 Å². The SMILES string of the molecule is O=C1C=CC[C@@H]([C@@H](O)[C@H](O[C@H](c2ccccc2)[C@@H](O)[C@H]2CC=CC(=O)O2)c2ccccc2)O1. The van der Waals surface area contributed by atoms with Gasteiger partial charge in [-0.1, -0.05) is 72.8 Å². The molecule has 2 aromatic carbocycles. The van der Waals surface area contributed by atoms with E-state index in [0.717, 1.165) is 0 Å². The third-order valence-corrected chi connectivity index (χ3v) is 5.71. The van der Waals surface area contributed by atoms with E-state index in [9.17, 15) is 19.8 Å². The molecule has 2 aromatic rings. The van der Waals surface area contributed by atoms with Crippen LogP contribution in [0.25, 0.3) is 0 Å². The van der Waals surface area contributed by atoms with Crippen LogP contribution in [0, 0.1) is 0 Å². The Morgan fingerprint density at radius 2 is 1.09 bits per heavy atom. The molecule has 0 radical (unpaired) electrons. The van der Waals surface area contributed by atoms with E-state index >= 15 is 0 Å². The van der Waals surface area contributed by atoms with Gasteiger partial charge in [-0.2, -0.15) is 0 Å². The van der Waals surface area contributed by atoms with Crippen LogP contribution >= 0.6 is 0 Å². The number of carbonyl (C=O) groups is 2. The fraction of sp³-hybridized carbons (Fsp3) is 0.308. The third kappa shape index (κ3) is 5.57. The summed E-state index contributed by atoms with van der Waals surface area (Å²) in [6.07, 6.45) is 0.752. The number of hydrogen-bond acceptors (Lipinski definition) is 7. The lowest BCUT2D eigenvalue weighted by atomic mass is 9.94. The van der Waals surface area contributed by atoms with Crippen LogP contribution in [-0.4, -0.2) is 46.6 Å². The molecule has 0 amide bonds. The summed E-state index contributed by atoms with van der Waals surface area (Å²) in [5.74, 6) is -1.06. The average molecular weight is 450 g/mol. The number of benzene rings is 2. The van der Waals surface area contributed by atoms with Gasteiger partial charge < -0.3 is 24.4 Å². The number of esters is 2. The summed E-state index contributed by atoms with van der Waals surface area (Å²) in [6, 6.07) is 18.1. The summed E-state index contributed by atoms with van der Waals surface area (Å²) in [6.45, 7) is 0. The summed E-state index contributed by atoms with van der Waals surface area (Å²) in [7, 11) is 0. The monoisotopic (exact) mass is 450 g/mol. The van der Waals surface area contributed by atoms with Crippen LogP contribution in [0.2, 0.25) is 0 Å². The predicted molar refractivity (Wildman–Crippen MR) is 119 cm³/mol. The normalized spacial score (nSPS) is 23.8. The number of hydrogen-bond donors (Lipinski definition) is 2. The minimum atomic E-state index is -1.20. The number of aliphatic hydroxyl groups excluding tert-OH is 2. The quantitative estimate of drug-likeness (QED) is 0.596. The molecular weight excluding hydrogens is 424 g/mol. The van der Waals surface area contributed by atoms with Crippen molar-refractivity contribution in [3.8, 4) is 0 Å². The average Bonchev–Trinajstić information content (AvgIpc) is 2.85. The van der Waals surface area contributed by atoms with Gasteiger partial charge in [-0.3, -0.25) is 0 Å². The molecule has 2 heterocycles. The summed E-state index contributed by atoms with van der Waals surface area (Å²) in [5, 5.41) is 22.4. The summed E-state index contributed by atoms with van der Waals surface area (Å²) in [4.78, 5) is 23.5. The Balaban J connectivity index is 1.66. The molecule has 33 heavy (non-hydrogen) atoms. The highest BCUT2D eigenvalue weighted by molar-refractivity contribution is 5.83. The van der Waals surface area contributed by atoms with Crippen molar-refractivity contribution in [2.45, 2.75) is 49.5 Å². The van der Waals surface area contributed by atoms with Crippen LogP contribution in [0.3, 0.4) is 0 Å². The van der Waals surface area contributed by atoms with E-state index in [-0.39, 0.29) is 0 Å². The molecule has 0 saturated heterocycles. The van der Waals surface area contributed by atoms with Gasteiger partial charge in [0.2, 0.25) is 0 Å². The van der Waals surface area contributed by atoms with E-state index in [0.29, 0.717) is 24.0 Å². The van der Waals surface area contributed by atoms with Gasteiger partial charge in [0, 0.05) is 25.0 Å². The Hall–Kier alpha value is -3.26. The van der Waals surface area contributed by atoms with E-state index in [4.69, 9.17) is 14.2 Å². The first-order valence-electron chi connectivity index (χ1n) is 10.9. The number of ether oxygens (including phenoxy) is 3. The fourth-order valence-corrected chi connectivity index (χ4v) is 4.03. The Labute approximate surface area is 191 Å². The van der Waals surface area contributed by atoms with Crippen LogP contribution < -0.4 is 0 Å². The van der Waals surface area contributed by atoms with Crippen molar-refractivity contribution in [1.82, 2.24) is 0 Å². The lowest BCUT2D eigenvalue weighted by Crippen LogP contribution is -2.42. The molecular formula is C26H26O7. The highest BCUT2D eigenvalue weighted by Gasteiger charge is 2.39. The zero-order chi connectivity index (χ0) is 23.2. The maximum absolute atomic E-state index is 11.8. The van der Waals surface area contributed by atoms with Gasteiger partial charge in [0.25, 0.3) is 0 Å². The first kappa shape index (κ1) is 22.9. The molecule has 172 valence electrons. The summed E-state index contributed by atoms with van der Waals surface area (Å²) < 4.78 is 17.1. The Morgan fingerprint density at radius 3 is 1.45 bits per heavy atom. The van der Waals surface area contributed by atoms with E-state index in [1.165, 1.54) is 12.2 Å². The molecule has 0 saturated carbocycles. The molecule has 6 atom stereocenters. The van der Waals surface area contributed by atoms with Crippen molar-refractivity contribution in [2.75, 3.05) is 0 Å². The van der Waals surface area contributed by atoms with Crippen molar-refractivity contribution >= 4 is 11.9 Å². The predicted octanol–water partition coefficient (Wildman–Crippen LogP) is 2.95. The minimum absolute atomic E-state index is 0.336. The van der Waals surface area contributed by atoms with E-state index in [1.807, 2.05) is 36.4 Å². The molecule has 0 spiro atoms. The highest BCUT2D eigenvalue weighted by atomic mass is 16.6. The topological polar surface area (TPSA) is 102 Å². The van der Waals surface area contributed by atoms with Crippen molar-refractivity contribution in [2.24, 2.45) is 0 Å². The Bertz CT molecular complexity index is 920. The zero-order valence-electron chi connectivity index (χ0n) is 17.9. The maximum Gasteiger partial charge on any atom is 0.330 e. The van der Waals surface area contributed by atoms with Crippen LogP contribution in [0.15, 0.2) is 85.0 Å². The van der Waals surface area contributed by atoms with Crippen molar-refractivity contribution in [1.29, 1.82) is 0 Å². The smallest absolute Gasteiger partial charge is 0.330 e. The third-order valence-electron chi connectivity index (χ3n) is 5.71. The van der Waals surface area contributed by atoms with Crippen LogP contribution in [0.1, 0.15) is 36.2 Å². The Morgan fingerprint density at radius 1 is 0.697 bits per heavy atom. The lowest BCUT2D eigenvalue weighted by molar-refractivity contribution is -0.184. The largest absolute Gasteiger partial charge is 0.456 e. The maximum atomic E-state index is 11.8. The first-order valence-corrected chi connectivity index (χ1v) is 10.9. The van der Waals surface area contributed by atoms with Gasteiger partial charge in [-0.15, -0.1) is 0 Å². The second kappa shape index (κ2) is 10.6. The van der Waals surface area contributed by atoms with E-state index < -0.39 is 48.6 Å². The van der Waals surface area contributed by atoms with Crippen molar-refractivity contribution < 1.29 is 34.0 Å². The molecule has 0 unspecified atom stereocenters. The van der Waals surface area contributed by atoms with Crippen LogP contribution in [-0.2, 0) is 23.8 Å². The van der Waals surface area contributed by atoms with Crippen molar-refractivity contribution in [3.63, 3.8) is 0 Å². The van der Waals surface area contributed by atoms with E-state index in [1.54, 1.807) is 36.4 Å². The fourth-order valence-electron chi connectivity index (χ4n) is 4.03. The molecule has 2 N–H and O–H groups in total. The number of aliphatic hydroxyl groups is 2. The molecule has 0 fully saturated rings. The number of cyclic esters (lactones) is 2. The van der Waals surface area contributed by atoms with Gasteiger partial charge >= 0.3 is 11.9 Å². The van der Waals surface area contributed by atoms with Gasteiger partial charge in [0.05, 0.1) is 0 Å². The second-order valence-electron chi connectivity index (χ2n) is 8.01. The van der Waals surface area contributed by atoms with Gasteiger partial charge in [0.1, 0.15) is 36.6 Å². The van der Waals surface area contributed by atoms with Gasteiger partial charge in [-0.25, -0.2) is 9.59 Å². The number of carbonyl (C=O) groups excluding carboxylic acids is 2. The second-order valence-corrected chi connectivity index (χ2v) is 8.01. The molecule has 2 aliphatic rings. The lowest BCUT2D eigenvalue weighted by Gasteiger charge is -2.36. The molecule has 2 aliphatic heterocycles. The zero-order valence-corrected chi connectivity index (χ0v) is 17.9. The molecule has 0 aromatic heterocycles. The van der Waals surface area contributed by atoms with Crippen molar-refractivity contribution in [3.05, 3.63) is 96.1 Å². The molecule has 7 heteroatoms. The molecule has 0 bridgehead atoms. The summed E-state index contributed by atoms with van der Waals surface area (Å²) >= 11 is 0.